The van der Waals surface area contributed by atoms with Crippen LogP contribution in [-0.4, -0.2) is 17.4 Å². The van der Waals surface area contributed by atoms with Crippen LogP contribution in [0.5, 0.6) is 5.75 Å². The summed E-state index contributed by atoms with van der Waals surface area (Å²) in [4.78, 5) is 13.8. The van der Waals surface area contributed by atoms with Crippen molar-refractivity contribution in [1.82, 2.24) is 0 Å². The van der Waals surface area contributed by atoms with Gasteiger partial charge < -0.3 is 5.11 Å². The lowest BCUT2D eigenvalue weighted by Crippen LogP contribution is -1.92. The lowest BCUT2D eigenvalue weighted by atomic mass is 10.1. The van der Waals surface area contributed by atoms with Crippen LogP contribution >= 0.6 is 0 Å². The summed E-state index contributed by atoms with van der Waals surface area (Å²) in [6, 6.07) is 4.83. The quantitative estimate of drug-likeness (QED) is 0.277. The standard InChI is InChI=1S/C12H13N3O2/c1-9(16)11-8-10(5-6-12(11)17)4-2-3-7-14-15-13/h2,4-6,8,17H,3,7H2,1H3. The molecule has 0 spiro atoms. The van der Waals surface area contributed by atoms with Crippen LogP contribution in [0.25, 0.3) is 16.5 Å². The molecular weight excluding hydrogens is 218 g/mol. The smallest absolute Gasteiger partial charge is 0.163 e. The van der Waals surface area contributed by atoms with Crippen LogP contribution < -0.4 is 0 Å². The Balaban J connectivity index is 2.75. The third-order valence-electron chi connectivity index (χ3n) is 2.17. The molecule has 0 atom stereocenters. The SMILES string of the molecule is CC(=O)c1cc(C=CCCN=[N+]=[N-])ccc1O. The second-order valence-corrected chi connectivity index (χ2v) is 3.48. The van der Waals surface area contributed by atoms with Gasteiger partial charge in [-0.2, -0.15) is 0 Å². The highest BCUT2D eigenvalue weighted by molar-refractivity contribution is 5.97. The molecule has 0 aliphatic rings. The fraction of sp³-hybridized carbons (Fsp3) is 0.250. The van der Waals surface area contributed by atoms with Crippen LogP contribution in [0.4, 0.5) is 0 Å². The van der Waals surface area contributed by atoms with Gasteiger partial charge in [0.1, 0.15) is 5.75 Å². The van der Waals surface area contributed by atoms with Crippen molar-refractivity contribution >= 4 is 11.9 Å². The molecule has 88 valence electrons. The van der Waals surface area contributed by atoms with Gasteiger partial charge in [-0.25, -0.2) is 0 Å². The fourth-order valence-corrected chi connectivity index (χ4v) is 1.34. The van der Waals surface area contributed by atoms with Gasteiger partial charge in [-0.3, -0.25) is 4.79 Å². The number of benzene rings is 1. The Kier molecular flexibility index (Phi) is 4.78. The Labute approximate surface area is 99.0 Å². The van der Waals surface area contributed by atoms with Gasteiger partial charge in [0.2, 0.25) is 0 Å². The molecule has 0 radical (unpaired) electrons. The molecule has 0 saturated carbocycles. The first kappa shape index (κ1) is 12.8. The van der Waals surface area contributed by atoms with Crippen molar-refractivity contribution in [2.24, 2.45) is 5.11 Å². The van der Waals surface area contributed by atoms with Crippen LogP contribution in [0.2, 0.25) is 0 Å². The predicted molar refractivity (Wildman–Crippen MR) is 65.8 cm³/mol. The average molecular weight is 231 g/mol. The van der Waals surface area contributed by atoms with Gasteiger partial charge >= 0.3 is 0 Å². The number of rotatable bonds is 5. The van der Waals surface area contributed by atoms with E-state index in [0.29, 0.717) is 18.5 Å². The third-order valence-corrected chi connectivity index (χ3v) is 2.17. The van der Waals surface area contributed by atoms with E-state index in [0.717, 1.165) is 5.56 Å². The lowest BCUT2D eigenvalue weighted by Gasteiger charge is -2.01. The van der Waals surface area contributed by atoms with E-state index in [-0.39, 0.29) is 11.5 Å². The number of carbonyl (C=O) groups is 1. The summed E-state index contributed by atoms with van der Waals surface area (Å²) in [6.45, 7) is 1.81. The monoisotopic (exact) mass is 231 g/mol. The molecular formula is C12H13N3O2. The van der Waals surface area contributed by atoms with Crippen LogP contribution in [0.1, 0.15) is 29.3 Å². The molecule has 1 N–H and O–H groups in total. The van der Waals surface area contributed by atoms with E-state index in [1.54, 1.807) is 12.1 Å². The van der Waals surface area contributed by atoms with E-state index in [2.05, 4.69) is 10.0 Å². The van der Waals surface area contributed by atoms with Crippen molar-refractivity contribution in [3.8, 4) is 5.75 Å². The summed E-state index contributed by atoms with van der Waals surface area (Å²) in [5, 5.41) is 12.8. The molecule has 5 heteroatoms. The number of phenolic OH excluding ortho intramolecular Hbond substituents is 1. The minimum absolute atomic E-state index is 0.0104. The first-order valence-corrected chi connectivity index (χ1v) is 5.16. The van der Waals surface area contributed by atoms with Crippen LogP contribution in [0.3, 0.4) is 0 Å². The van der Waals surface area contributed by atoms with E-state index in [1.165, 1.54) is 13.0 Å². The number of Topliss-reactive ketones (excluding diaryl/α,β-unsaturated/α-hetero) is 1. The maximum absolute atomic E-state index is 11.2. The van der Waals surface area contributed by atoms with Gasteiger partial charge in [-0.1, -0.05) is 23.3 Å². The van der Waals surface area contributed by atoms with Gasteiger partial charge in [0.05, 0.1) is 5.56 Å². The van der Waals surface area contributed by atoms with Crippen LogP contribution in [-0.2, 0) is 0 Å². The maximum Gasteiger partial charge on any atom is 0.163 e. The number of ketones is 1. The molecule has 0 aliphatic heterocycles. The van der Waals surface area contributed by atoms with Crippen LogP contribution in [0.15, 0.2) is 29.4 Å². The normalized spacial score (nSPS) is 10.2. The summed E-state index contributed by atoms with van der Waals surface area (Å²) in [5.74, 6) is -0.185. The Morgan fingerprint density at radius 2 is 2.35 bits per heavy atom. The predicted octanol–water partition coefficient (Wildman–Crippen LogP) is 3.31. The number of hydrogen-bond donors (Lipinski definition) is 1. The van der Waals surface area contributed by atoms with E-state index in [1.807, 2.05) is 12.2 Å². The van der Waals surface area contributed by atoms with Crippen molar-refractivity contribution in [3.63, 3.8) is 0 Å². The van der Waals surface area contributed by atoms with Crippen molar-refractivity contribution in [1.29, 1.82) is 0 Å². The van der Waals surface area contributed by atoms with Gasteiger partial charge in [-0.15, -0.1) is 0 Å². The zero-order valence-electron chi connectivity index (χ0n) is 9.50. The van der Waals surface area contributed by atoms with E-state index < -0.39 is 0 Å². The summed E-state index contributed by atoms with van der Waals surface area (Å²) in [6.07, 6.45) is 4.31. The Morgan fingerprint density at radius 1 is 1.59 bits per heavy atom. The average Bonchev–Trinajstić information content (AvgIpc) is 2.30. The zero-order chi connectivity index (χ0) is 12.7. The minimum atomic E-state index is -0.174. The number of carbonyl (C=O) groups excluding carboxylic acids is 1. The van der Waals surface area contributed by atoms with Crippen molar-refractivity contribution in [2.75, 3.05) is 6.54 Å². The zero-order valence-corrected chi connectivity index (χ0v) is 9.50. The summed E-state index contributed by atoms with van der Waals surface area (Å²) in [5.41, 5.74) is 9.21. The van der Waals surface area contributed by atoms with Crippen molar-refractivity contribution < 1.29 is 9.90 Å². The van der Waals surface area contributed by atoms with Crippen molar-refractivity contribution in [3.05, 3.63) is 45.8 Å². The molecule has 17 heavy (non-hydrogen) atoms. The van der Waals surface area contributed by atoms with Crippen molar-refractivity contribution in [2.45, 2.75) is 13.3 Å². The molecule has 5 nitrogen and oxygen atoms in total. The Bertz CT molecular complexity index is 489. The number of phenols is 1. The molecule has 0 amide bonds. The number of aromatic hydroxyl groups is 1. The molecule has 0 bridgehead atoms. The number of nitrogens with zero attached hydrogens (tertiary/aromatic N) is 3. The molecule has 0 aromatic heterocycles. The highest BCUT2D eigenvalue weighted by Crippen LogP contribution is 2.19. The summed E-state index contributed by atoms with van der Waals surface area (Å²) in [7, 11) is 0. The Hall–Kier alpha value is -2.26. The largest absolute Gasteiger partial charge is 0.507 e. The Morgan fingerprint density at radius 3 is 3.00 bits per heavy atom. The number of hydrogen-bond acceptors (Lipinski definition) is 3. The lowest BCUT2D eigenvalue weighted by molar-refractivity contribution is 0.101. The fourth-order valence-electron chi connectivity index (χ4n) is 1.34. The molecule has 1 rings (SSSR count). The van der Waals surface area contributed by atoms with E-state index in [9.17, 15) is 9.90 Å². The second kappa shape index (κ2) is 6.35. The third kappa shape index (κ3) is 4.01. The molecule has 0 saturated heterocycles. The van der Waals surface area contributed by atoms with E-state index >= 15 is 0 Å². The first-order valence-electron chi connectivity index (χ1n) is 5.16. The molecule has 0 aliphatic carbocycles. The summed E-state index contributed by atoms with van der Waals surface area (Å²) < 4.78 is 0. The van der Waals surface area contributed by atoms with Crippen LogP contribution in [0, 0.1) is 0 Å². The second-order valence-electron chi connectivity index (χ2n) is 3.48. The van der Waals surface area contributed by atoms with Gasteiger partial charge in [-0.05, 0) is 36.6 Å². The van der Waals surface area contributed by atoms with Gasteiger partial charge in [0, 0.05) is 11.5 Å². The van der Waals surface area contributed by atoms with Gasteiger partial charge in [0.15, 0.2) is 5.78 Å². The topological polar surface area (TPSA) is 86.1 Å². The minimum Gasteiger partial charge on any atom is -0.507 e. The van der Waals surface area contributed by atoms with Gasteiger partial charge in [0.25, 0.3) is 0 Å². The molecule has 0 unspecified atom stereocenters. The number of azide groups is 1. The molecule has 0 heterocycles. The first-order chi connectivity index (χ1) is 8.15. The molecule has 1 aromatic rings. The highest BCUT2D eigenvalue weighted by atomic mass is 16.3. The van der Waals surface area contributed by atoms with E-state index in [4.69, 9.17) is 5.53 Å². The molecule has 0 fully saturated rings. The molecule has 1 aromatic carbocycles. The highest BCUT2D eigenvalue weighted by Gasteiger charge is 2.05. The maximum atomic E-state index is 11.2. The summed E-state index contributed by atoms with van der Waals surface area (Å²) >= 11 is 0.